The van der Waals surface area contributed by atoms with Gasteiger partial charge in [-0.25, -0.2) is 0 Å². The molecule has 1 aromatic carbocycles. The van der Waals surface area contributed by atoms with Crippen molar-refractivity contribution in [3.63, 3.8) is 0 Å². The Kier molecular flexibility index (Phi) is 3.27. The van der Waals surface area contributed by atoms with Crippen LogP contribution in [-0.4, -0.2) is 50.1 Å². The lowest BCUT2D eigenvalue weighted by atomic mass is 10.3. The van der Waals surface area contributed by atoms with E-state index in [4.69, 9.17) is 4.74 Å². The van der Waals surface area contributed by atoms with Crippen molar-refractivity contribution >= 4 is 38.5 Å². The van der Waals surface area contributed by atoms with Crippen molar-refractivity contribution in [2.75, 3.05) is 19.8 Å². The van der Waals surface area contributed by atoms with Crippen molar-refractivity contribution in [3.8, 4) is 0 Å². The quantitative estimate of drug-likeness (QED) is 0.689. The summed E-state index contributed by atoms with van der Waals surface area (Å²) in [4.78, 5) is 18.0. The molecule has 0 radical (unpaired) electrons. The average Bonchev–Trinajstić information content (AvgIpc) is 2.93. The van der Waals surface area contributed by atoms with E-state index < -0.39 is 0 Å². The summed E-state index contributed by atoms with van der Waals surface area (Å²) in [6.07, 6.45) is 1.69. The van der Waals surface area contributed by atoms with Crippen molar-refractivity contribution in [2.24, 2.45) is 0 Å². The minimum atomic E-state index is -0.0254. The summed E-state index contributed by atoms with van der Waals surface area (Å²) in [5, 5.41) is 8.38. The van der Waals surface area contributed by atoms with Crippen molar-refractivity contribution in [3.05, 3.63) is 34.7 Å². The Morgan fingerprint density at radius 2 is 2.23 bits per heavy atom. The van der Waals surface area contributed by atoms with Gasteiger partial charge in [0, 0.05) is 11.0 Å². The molecule has 0 spiro atoms. The minimum absolute atomic E-state index is 0.0254. The summed E-state index contributed by atoms with van der Waals surface area (Å²) >= 11 is 3.48. The summed E-state index contributed by atoms with van der Waals surface area (Å²) in [6, 6.07) is 5.85. The molecule has 2 aromatic heterocycles. The second kappa shape index (κ2) is 5.29. The summed E-state index contributed by atoms with van der Waals surface area (Å²) in [5.41, 5.74) is 2.43. The van der Waals surface area contributed by atoms with Crippen LogP contribution in [-0.2, 0) is 16.1 Å². The lowest BCUT2D eigenvalue weighted by Gasteiger charge is -2.25. The molecule has 0 bridgehead atoms. The number of nitrogens with zero attached hydrogens (tertiary/aromatic N) is 5. The molecule has 1 amide bonds. The zero-order chi connectivity index (χ0) is 15.1. The molecule has 1 fully saturated rings. The van der Waals surface area contributed by atoms with Crippen molar-refractivity contribution < 1.29 is 9.53 Å². The number of carbonyl (C=O) groups excluding carboxylic acids is 1. The SMILES string of the molecule is O=C1COCCN1Cc1nnc2cnc3ccc(Br)cc3n12. The zero-order valence-electron chi connectivity index (χ0n) is 11.6. The molecule has 3 heterocycles. The molecule has 7 nitrogen and oxygen atoms in total. The Bertz CT molecular complexity index is 878. The molecular formula is C14H12BrN5O2. The van der Waals surface area contributed by atoms with Crippen LogP contribution in [0.25, 0.3) is 16.7 Å². The maximum atomic E-state index is 11.9. The molecule has 3 aromatic rings. The number of aromatic nitrogens is 4. The Morgan fingerprint density at radius 3 is 3.09 bits per heavy atom. The molecule has 4 rings (SSSR count). The van der Waals surface area contributed by atoms with Gasteiger partial charge in [0.05, 0.1) is 30.4 Å². The number of benzene rings is 1. The van der Waals surface area contributed by atoms with Gasteiger partial charge in [0.1, 0.15) is 6.61 Å². The topological polar surface area (TPSA) is 72.6 Å². The van der Waals surface area contributed by atoms with E-state index in [2.05, 4.69) is 31.1 Å². The van der Waals surface area contributed by atoms with Crippen molar-refractivity contribution in [1.29, 1.82) is 0 Å². The van der Waals surface area contributed by atoms with E-state index in [9.17, 15) is 4.79 Å². The van der Waals surface area contributed by atoms with Crippen LogP contribution in [0.5, 0.6) is 0 Å². The summed E-state index contributed by atoms with van der Waals surface area (Å²) in [6.45, 7) is 1.66. The van der Waals surface area contributed by atoms with Crippen LogP contribution >= 0.6 is 15.9 Å². The monoisotopic (exact) mass is 361 g/mol. The van der Waals surface area contributed by atoms with Gasteiger partial charge in [-0.3, -0.25) is 14.2 Å². The third kappa shape index (κ3) is 2.24. The van der Waals surface area contributed by atoms with Gasteiger partial charge in [0.25, 0.3) is 0 Å². The number of morpholine rings is 1. The molecular weight excluding hydrogens is 350 g/mol. The van der Waals surface area contributed by atoms with Crippen molar-refractivity contribution in [1.82, 2.24) is 24.5 Å². The van der Waals surface area contributed by atoms with Crippen LogP contribution in [0.4, 0.5) is 0 Å². The number of rotatable bonds is 2. The first-order valence-electron chi connectivity index (χ1n) is 6.86. The lowest BCUT2D eigenvalue weighted by molar-refractivity contribution is -0.143. The van der Waals surface area contributed by atoms with Crippen LogP contribution in [0, 0.1) is 0 Å². The fraction of sp³-hybridized carbons (Fsp3) is 0.286. The molecule has 1 saturated heterocycles. The number of hydrogen-bond acceptors (Lipinski definition) is 5. The smallest absolute Gasteiger partial charge is 0.249 e. The van der Waals surface area contributed by atoms with Crippen LogP contribution in [0.15, 0.2) is 28.9 Å². The van der Waals surface area contributed by atoms with Gasteiger partial charge < -0.3 is 9.64 Å². The Labute approximate surface area is 134 Å². The second-order valence-electron chi connectivity index (χ2n) is 5.07. The van der Waals surface area contributed by atoms with Crippen molar-refractivity contribution in [2.45, 2.75) is 6.54 Å². The van der Waals surface area contributed by atoms with Gasteiger partial charge in [-0.1, -0.05) is 15.9 Å². The van der Waals surface area contributed by atoms with Crippen LogP contribution in [0.3, 0.4) is 0 Å². The zero-order valence-corrected chi connectivity index (χ0v) is 13.2. The Morgan fingerprint density at radius 1 is 1.32 bits per heavy atom. The molecule has 8 heteroatoms. The largest absolute Gasteiger partial charge is 0.370 e. The molecule has 0 atom stereocenters. The predicted octanol–water partition coefficient (Wildman–Crippen LogP) is 1.40. The van der Waals surface area contributed by atoms with E-state index in [1.807, 2.05) is 22.6 Å². The third-order valence-corrected chi connectivity index (χ3v) is 4.16. The highest BCUT2D eigenvalue weighted by atomic mass is 79.9. The van der Waals surface area contributed by atoms with E-state index in [1.54, 1.807) is 11.1 Å². The van der Waals surface area contributed by atoms with Crippen LogP contribution < -0.4 is 0 Å². The molecule has 0 aliphatic carbocycles. The highest BCUT2D eigenvalue weighted by Crippen LogP contribution is 2.20. The van der Waals surface area contributed by atoms with Gasteiger partial charge in [-0.15, -0.1) is 10.2 Å². The maximum Gasteiger partial charge on any atom is 0.249 e. The van der Waals surface area contributed by atoms with Gasteiger partial charge in [0.15, 0.2) is 11.5 Å². The summed E-state index contributed by atoms with van der Waals surface area (Å²) in [5.74, 6) is 0.693. The highest BCUT2D eigenvalue weighted by molar-refractivity contribution is 9.10. The molecule has 0 unspecified atom stereocenters. The number of halogens is 1. The lowest BCUT2D eigenvalue weighted by Crippen LogP contribution is -2.41. The number of ether oxygens (including phenoxy) is 1. The van der Waals surface area contributed by atoms with E-state index in [0.29, 0.717) is 25.3 Å². The van der Waals surface area contributed by atoms with E-state index >= 15 is 0 Å². The highest BCUT2D eigenvalue weighted by Gasteiger charge is 2.21. The molecule has 0 saturated carbocycles. The molecule has 0 N–H and O–H groups in total. The number of fused-ring (bicyclic) bond motifs is 3. The van der Waals surface area contributed by atoms with E-state index in [1.165, 1.54) is 0 Å². The van der Waals surface area contributed by atoms with Gasteiger partial charge in [0.2, 0.25) is 5.91 Å². The van der Waals surface area contributed by atoms with Crippen LogP contribution in [0.2, 0.25) is 0 Å². The Balaban J connectivity index is 1.83. The Hall–Kier alpha value is -2.06. The third-order valence-electron chi connectivity index (χ3n) is 3.67. The van der Waals surface area contributed by atoms with E-state index in [-0.39, 0.29) is 12.5 Å². The summed E-state index contributed by atoms with van der Waals surface area (Å²) < 4.78 is 8.05. The standard InChI is InChI=1S/C14H12BrN5O2/c15-9-1-2-10-11(5-9)20-12(6-16-10)17-18-13(20)7-19-3-4-22-8-14(19)21/h1-2,5-6H,3-4,7-8H2. The minimum Gasteiger partial charge on any atom is -0.370 e. The summed E-state index contributed by atoms with van der Waals surface area (Å²) in [7, 11) is 0. The predicted molar refractivity (Wildman–Crippen MR) is 82.2 cm³/mol. The maximum absolute atomic E-state index is 11.9. The first-order chi connectivity index (χ1) is 10.7. The first kappa shape index (κ1) is 13.6. The van der Waals surface area contributed by atoms with E-state index in [0.717, 1.165) is 21.3 Å². The van der Waals surface area contributed by atoms with Gasteiger partial charge in [-0.05, 0) is 18.2 Å². The average molecular weight is 362 g/mol. The number of amides is 1. The van der Waals surface area contributed by atoms with Gasteiger partial charge >= 0.3 is 0 Å². The van der Waals surface area contributed by atoms with Crippen LogP contribution in [0.1, 0.15) is 5.82 Å². The normalized spacial score (nSPS) is 15.9. The molecule has 112 valence electrons. The second-order valence-corrected chi connectivity index (χ2v) is 5.98. The number of hydrogen-bond donors (Lipinski definition) is 0. The molecule has 22 heavy (non-hydrogen) atoms. The molecule has 1 aliphatic rings. The van der Waals surface area contributed by atoms with Gasteiger partial charge in [-0.2, -0.15) is 0 Å². The molecule has 1 aliphatic heterocycles. The fourth-order valence-corrected chi connectivity index (χ4v) is 2.93. The fourth-order valence-electron chi connectivity index (χ4n) is 2.58. The first-order valence-corrected chi connectivity index (χ1v) is 7.65. The number of carbonyl (C=O) groups is 1.